The van der Waals surface area contributed by atoms with Crippen molar-refractivity contribution in [3.63, 3.8) is 0 Å². The van der Waals surface area contributed by atoms with E-state index in [1.165, 1.54) is 11.3 Å². The number of anilines is 2. The Kier molecular flexibility index (Phi) is 6.98. The summed E-state index contributed by atoms with van der Waals surface area (Å²) >= 11 is 1.34. The molecule has 1 heterocycles. The van der Waals surface area contributed by atoms with Crippen molar-refractivity contribution >= 4 is 40.4 Å². The van der Waals surface area contributed by atoms with Crippen LogP contribution in [0.15, 0.2) is 66.0 Å². The van der Waals surface area contributed by atoms with E-state index in [-0.39, 0.29) is 17.7 Å². The van der Waals surface area contributed by atoms with E-state index in [0.717, 1.165) is 0 Å². The molecule has 0 saturated carbocycles. The van der Waals surface area contributed by atoms with Crippen molar-refractivity contribution in [3.05, 3.63) is 82.0 Å². The van der Waals surface area contributed by atoms with Crippen LogP contribution in [0.2, 0.25) is 0 Å². The van der Waals surface area contributed by atoms with E-state index in [9.17, 15) is 14.4 Å². The maximum atomic E-state index is 12.8. The molecule has 3 rings (SSSR count). The van der Waals surface area contributed by atoms with Gasteiger partial charge in [0.25, 0.3) is 17.7 Å². The third kappa shape index (κ3) is 5.55. The Balaban J connectivity index is 1.72. The van der Waals surface area contributed by atoms with Gasteiger partial charge >= 0.3 is 0 Å². The van der Waals surface area contributed by atoms with Gasteiger partial charge in [0, 0.05) is 17.8 Å². The van der Waals surface area contributed by atoms with Crippen LogP contribution in [0, 0.1) is 5.92 Å². The van der Waals surface area contributed by atoms with Gasteiger partial charge in [-0.15, -0.1) is 11.3 Å². The van der Waals surface area contributed by atoms with Crippen LogP contribution in [0.5, 0.6) is 0 Å². The molecule has 6 nitrogen and oxygen atoms in total. The standard InChI is InChI=1S/C23H23N3O3S/c1-15(2)14-24-22(28)18-9-3-4-10-19(18)26-21(27)16-7-5-8-17(13-16)25-23(29)20-11-6-12-30-20/h3-13,15H,14H2,1-2H3,(H,24,28)(H,25,29)(H,26,27). The number of hydrogen-bond donors (Lipinski definition) is 3. The van der Waals surface area contributed by atoms with Crippen molar-refractivity contribution in [2.75, 3.05) is 17.2 Å². The lowest BCUT2D eigenvalue weighted by molar-refractivity contribution is 0.0949. The van der Waals surface area contributed by atoms with Crippen LogP contribution in [0.1, 0.15) is 44.2 Å². The third-order valence-electron chi connectivity index (χ3n) is 4.22. The summed E-state index contributed by atoms with van der Waals surface area (Å²) in [5.74, 6) is -0.513. The zero-order valence-electron chi connectivity index (χ0n) is 16.8. The molecule has 0 aliphatic carbocycles. The Hall–Kier alpha value is -3.45. The van der Waals surface area contributed by atoms with Crippen molar-refractivity contribution in [3.8, 4) is 0 Å². The van der Waals surface area contributed by atoms with Gasteiger partial charge in [-0.25, -0.2) is 0 Å². The molecule has 0 spiro atoms. The first-order valence-electron chi connectivity index (χ1n) is 9.57. The second-order valence-electron chi connectivity index (χ2n) is 7.12. The maximum Gasteiger partial charge on any atom is 0.265 e. The monoisotopic (exact) mass is 421 g/mol. The van der Waals surface area contributed by atoms with Crippen LogP contribution in [-0.4, -0.2) is 24.3 Å². The van der Waals surface area contributed by atoms with Crippen molar-refractivity contribution < 1.29 is 14.4 Å². The van der Waals surface area contributed by atoms with E-state index >= 15 is 0 Å². The first-order valence-corrected chi connectivity index (χ1v) is 10.5. The molecule has 0 atom stereocenters. The lowest BCUT2D eigenvalue weighted by Gasteiger charge is -2.13. The molecule has 0 saturated heterocycles. The molecule has 2 aromatic carbocycles. The van der Waals surface area contributed by atoms with Gasteiger partial charge in [-0.2, -0.15) is 0 Å². The van der Waals surface area contributed by atoms with Crippen LogP contribution < -0.4 is 16.0 Å². The molecule has 30 heavy (non-hydrogen) atoms. The van der Waals surface area contributed by atoms with Crippen LogP contribution in [0.25, 0.3) is 0 Å². The van der Waals surface area contributed by atoms with Gasteiger partial charge in [0.1, 0.15) is 0 Å². The number of thiophene rings is 1. The number of hydrogen-bond acceptors (Lipinski definition) is 4. The predicted molar refractivity (Wildman–Crippen MR) is 120 cm³/mol. The highest BCUT2D eigenvalue weighted by Gasteiger charge is 2.15. The summed E-state index contributed by atoms with van der Waals surface area (Å²) < 4.78 is 0. The highest BCUT2D eigenvalue weighted by atomic mass is 32.1. The van der Waals surface area contributed by atoms with Crippen molar-refractivity contribution in [1.82, 2.24) is 5.32 Å². The summed E-state index contributed by atoms with van der Waals surface area (Å²) in [6.45, 7) is 4.57. The Labute approximate surface area is 179 Å². The second-order valence-corrected chi connectivity index (χ2v) is 8.06. The smallest absolute Gasteiger partial charge is 0.265 e. The van der Waals surface area contributed by atoms with E-state index in [4.69, 9.17) is 0 Å². The zero-order chi connectivity index (χ0) is 21.5. The predicted octanol–water partition coefficient (Wildman–Crippen LogP) is 4.64. The van der Waals surface area contributed by atoms with Gasteiger partial charge in [0.15, 0.2) is 0 Å². The van der Waals surface area contributed by atoms with Gasteiger partial charge in [0.05, 0.1) is 16.1 Å². The van der Waals surface area contributed by atoms with Crippen molar-refractivity contribution in [2.24, 2.45) is 5.92 Å². The molecule has 0 aliphatic rings. The number of carbonyl (C=O) groups excluding carboxylic acids is 3. The second kappa shape index (κ2) is 9.84. The highest BCUT2D eigenvalue weighted by molar-refractivity contribution is 7.12. The molecule has 1 aromatic heterocycles. The van der Waals surface area contributed by atoms with Gasteiger partial charge in [-0.3, -0.25) is 14.4 Å². The SMILES string of the molecule is CC(C)CNC(=O)c1ccccc1NC(=O)c1cccc(NC(=O)c2cccs2)c1. The number of nitrogens with one attached hydrogen (secondary N) is 3. The molecule has 0 bridgehead atoms. The largest absolute Gasteiger partial charge is 0.352 e. The lowest BCUT2D eigenvalue weighted by atomic mass is 10.1. The van der Waals surface area contributed by atoms with Crippen molar-refractivity contribution in [2.45, 2.75) is 13.8 Å². The molecule has 3 amide bonds. The summed E-state index contributed by atoms with van der Waals surface area (Å²) in [6.07, 6.45) is 0. The zero-order valence-corrected chi connectivity index (χ0v) is 17.6. The molecule has 0 unspecified atom stereocenters. The molecule has 0 aliphatic heterocycles. The van der Waals surface area contributed by atoms with Crippen LogP contribution in [0.4, 0.5) is 11.4 Å². The molecule has 7 heteroatoms. The van der Waals surface area contributed by atoms with Gasteiger partial charge in [-0.1, -0.05) is 38.1 Å². The summed E-state index contributed by atoms with van der Waals surface area (Å²) in [5.41, 5.74) is 1.71. The molecule has 3 N–H and O–H groups in total. The van der Waals surface area contributed by atoms with Crippen LogP contribution in [0.3, 0.4) is 0 Å². The van der Waals surface area contributed by atoms with E-state index in [2.05, 4.69) is 16.0 Å². The normalized spacial score (nSPS) is 10.5. The topological polar surface area (TPSA) is 87.3 Å². The molecular weight excluding hydrogens is 398 g/mol. The molecule has 3 aromatic rings. The van der Waals surface area contributed by atoms with E-state index < -0.39 is 0 Å². The van der Waals surface area contributed by atoms with Crippen molar-refractivity contribution in [1.29, 1.82) is 0 Å². The quantitative estimate of drug-likeness (QED) is 0.519. The minimum atomic E-state index is -0.369. The lowest BCUT2D eigenvalue weighted by Crippen LogP contribution is -2.28. The summed E-state index contributed by atoms with van der Waals surface area (Å²) in [4.78, 5) is 38.1. The van der Waals surface area contributed by atoms with Crippen LogP contribution in [-0.2, 0) is 0 Å². The average Bonchev–Trinajstić information content (AvgIpc) is 3.27. The Morgan fingerprint density at radius 3 is 2.40 bits per heavy atom. The van der Waals surface area contributed by atoms with Gasteiger partial charge in [-0.05, 0) is 47.7 Å². The summed E-state index contributed by atoms with van der Waals surface area (Å²) in [5, 5.41) is 10.3. The van der Waals surface area contributed by atoms with E-state index in [0.29, 0.717) is 39.8 Å². The third-order valence-corrected chi connectivity index (χ3v) is 5.09. The molecular formula is C23H23N3O3S. The fraction of sp³-hybridized carbons (Fsp3) is 0.174. The van der Waals surface area contributed by atoms with Gasteiger partial charge < -0.3 is 16.0 Å². The molecule has 0 radical (unpaired) electrons. The Morgan fingerprint density at radius 2 is 1.67 bits per heavy atom. The van der Waals surface area contributed by atoms with E-state index in [1.54, 1.807) is 60.7 Å². The number of carbonyl (C=O) groups is 3. The number of para-hydroxylation sites is 1. The molecule has 0 fully saturated rings. The molecule has 154 valence electrons. The minimum Gasteiger partial charge on any atom is -0.352 e. The fourth-order valence-electron chi connectivity index (χ4n) is 2.72. The van der Waals surface area contributed by atoms with Crippen LogP contribution >= 0.6 is 11.3 Å². The maximum absolute atomic E-state index is 12.8. The first-order chi connectivity index (χ1) is 14.4. The Bertz CT molecular complexity index is 1050. The Morgan fingerprint density at radius 1 is 0.867 bits per heavy atom. The summed E-state index contributed by atoms with van der Waals surface area (Å²) in [6, 6.07) is 17.1. The average molecular weight is 422 g/mol. The highest BCUT2D eigenvalue weighted by Crippen LogP contribution is 2.19. The van der Waals surface area contributed by atoms with E-state index in [1.807, 2.05) is 19.2 Å². The summed E-state index contributed by atoms with van der Waals surface area (Å²) in [7, 11) is 0. The minimum absolute atomic E-state index is 0.227. The fourth-order valence-corrected chi connectivity index (χ4v) is 3.33. The number of amides is 3. The van der Waals surface area contributed by atoms with Gasteiger partial charge in [0.2, 0.25) is 0 Å². The number of benzene rings is 2. The first kappa shape index (κ1) is 21.3. The number of rotatable bonds is 7.